The van der Waals surface area contributed by atoms with E-state index in [1.54, 1.807) is 6.26 Å². The van der Waals surface area contributed by atoms with Gasteiger partial charge in [-0.25, -0.2) is 0 Å². The molecule has 0 aliphatic carbocycles. The summed E-state index contributed by atoms with van der Waals surface area (Å²) in [6, 6.07) is -0.396. The summed E-state index contributed by atoms with van der Waals surface area (Å²) in [6.07, 6.45) is 4.03. The highest BCUT2D eigenvalue weighted by atomic mass is 32.2. The van der Waals surface area contributed by atoms with Crippen LogP contribution in [0.15, 0.2) is 0 Å². The molecular formula is C9H20N2O2S. The first kappa shape index (κ1) is 13.6. The Kier molecular flexibility index (Phi) is 7.70. The van der Waals surface area contributed by atoms with Gasteiger partial charge < -0.3 is 11.1 Å². The van der Waals surface area contributed by atoms with Crippen LogP contribution in [-0.2, 0) is 15.6 Å². The van der Waals surface area contributed by atoms with Crippen molar-refractivity contribution < 1.29 is 9.00 Å². The molecule has 0 aromatic heterocycles. The lowest BCUT2D eigenvalue weighted by Crippen LogP contribution is -2.40. The molecule has 0 rings (SSSR count). The molecule has 0 radical (unpaired) electrons. The molecule has 0 aromatic carbocycles. The van der Waals surface area contributed by atoms with Gasteiger partial charge in [0.05, 0.1) is 6.04 Å². The van der Waals surface area contributed by atoms with Crippen LogP contribution >= 0.6 is 0 Å². The zero-order chi connectivity index (χ0) is 11.0. The zero-order valence-corrected chi connectivity index (χ0v) is 9.73. The van der Waals surface area contributed by atoms with E-state index in [0.717, 1.165) is 12.8 Å². The van der Waals surface area contributed by atoms with E-state index in [4.69, 9.17) is 5.73 Å². The van der Waals surface area contributed by atoms with Crippen molar-refractivity contribution in [1.82, 2.24) is 5.32 Å². The number of nitrogens with two attached hydrogens (primary N) is 1. The minimum atomic E-state index is -0.777. The monoisotopic (exact) mass is 220 g/mol. The molecule has 0 saturated heterocycles. The minimum Gasteiger partial charge on any atom is -0.355 e. The maximum atomic E-state index is 11.3. The van der Waals surface area contributed by atoms with Crippen molar-refractivity contribution in [2.75, 3.05) is 18.6 Å². The predicted octanol–water partition coefficient (Wildman–Crippen LogP) is -0.00140. The Morgan fingerprint density at radius 2 is 2.21 bits per heavy atom. The fourth-order valence-electron chi connectivity index (χ4n) is 1.06. The molecule has 4 nitrogen and oxygen atoms in total. The van der Waals surface area contributed by atoms with Crippen LogP contribution < -0.4 is 11.1 Å². The van der Waals surface area contributed by atoms with Gasteiger partial charge in [-0.1, -0.05) is 13.3 Å². The maximum absolute atomic E-state index is 11.3. The van der Waals surface area contributed by atoms with Gasteiger partial charge in [-0.15, -0.1) is 0 Å². The molecule has 5 heteroatoms. The summed E-state index contributed by atoms with van der Waals surface area (Å²) in [4.78, 5) is 11.3. The molecule has 0 saturated carbocycles. The number of carbonyl (C=O) groups is 1. The second kappa shape index (κ2) is 7.94. The van der Waals surface area contributed by atoms with E-state index in [2.05, 4.69) is 5.32 Å². The molecule has 2 atom stereocenters. The Morgan fingerprint density at radius 1 is 1.57 bits per heavy atom. The first-order valence-electron chi connectivity index (χ1n) is 4.91. The second-order valence-electron chi connectivity index (χ2n) is 3.32. The van der Waals surface area contributed by atoms with E-state index in [-0.39, 0.29) is 5.91 Å². The van der Waals surface area contributed by atoms with Gasteiger partial charge in [-0.3, -0.25) is 9.00 Å². The second-order valence-corrected chi connectivity index (χ2v) is 4.87. The Balaban J connectivity index is 3.48. The lowest BCUT2D eigenvalue weighted by Gasteiger charge is -2.10. The number of hydrogen-bond donors (Lipinski definition) is 2. The van der Waals surface area contributed by atoms with Crippen molar-refractivity contribution >= 4 is 16.7 Å². The highest BCUT2D eigenvalue weighted by Crippen LogP contribution is 1.92. The Labute approximate surface area is 88.1 Å². The van der Waals surface area contributed by atoms with Crippen molar-refractivity contribution in [3.05, 3.63) is 0 Å². The Hall–Kier alpha value is -0.420. The first-order valence-corrected chi connectivity index (χ1v) is 6.64. The van der Waals surface area contributed by atoms with Crippen molar-refractivity contribution in [1.29, 1.82) is 0 Å². The highest BCUT2D eigenvalue weighted by Gasteiger charge is 2.10. The van der Waals surface area contributed by atoms with E-state index in [9.17, 15) is 9.00 Å². The van der Waals surface area contributed by atoms with Crippen LogP contribution in [0.1, 0.15) is 26.2 Å². The molecule has 0 aromatic rings. The standard InChI is InChI=1S/C9H20N2O2S/c1-3-5-8(10)9(12)11-6-4-7-14(2)13/h8H,3-7,10H2,1-2H3,(H,11,12)/t8-,14?/m0/s1. The highest BCUT2D eigenvalue weighted by molar-refractivity contribution is 7.84. The fraction of sp³-hybridized carbons (Fsp3) is 0.889. The summed E-state index contributed by atoms with van der Waals surface area (Å²) in [5, 5.41) is 2.72. The number of rotatable bonds is 7. The smallest absolute Gasteiger partial charge is 0.236 e. The lowest BCUT2D eigenvalue weighted by molar-refractivity contribution is -0.122. The van der Waals surface area contributed by atoms with Gasteiger partial charge in [-0.05, 0) is 12.8 Å². The van der Waals surface area contributed by atoms with Crippen LogP contribution in [0, 0.1) is 0 Å². The van der Waals surface area contributed by atoms with Crippen molar-refractivity contribution in [3.63, 3.8) is 0 Å². The number of carbonyl (C=O) groups excluding carboxylic acids is 1. The Bertz CT molecular complexity index is 197. The predicted molar refractivity (Wildman–Crippen MR) is 59.4 cm³/mol. The van der Waals surface area contributed by atoms with Crippen LogP contribution in [0.25, 0.3) is 0 Å². The molecule has 3 N–H and O–H groups in total. The first-order chi connectivity index (χ1) is 6.57. The molecule has 0 bridgehead atoms. The summed E-state index contributed by atoms with van der Waals surface area (Å²) in [5.74, 6) is 0.525. The van der Waals surface area contributed by atoms with Gasteiger partial charge >= 0.3 is 0 Å². The van der Waals surface area contributed by atoms with E-state index >= 15 is 0 Å². The van der Waals surface area contributed by atoms with Crippen molar-refractivity contribution in [3.8, 4) is 0 Å². The van der Waals surface area contributed by atoms with Crippen molar-refractivity contribution in [2.24, 2.45) is 5.73 Å². The van der Waals surface area contributed by atoms with Gasteiger partial charge in [0.25, 0.3) is 0 Å². The summed E-state index contributed by atoms with van der Waals surface area (Å²) < 4.78 is 10.7. The van der Waals surface area contributed by atoms with Crippen LogP contribution in [0.4, 0.5) is 0 Å². The quantitative estimate of drug-likeness (QED) is 0.593. The number of amides is 1. The van der Waals surface area contributed by atoms with E-state index in [0.29, 0.717) is 18.7 Å². The molecule has 14 heavy (non-hydrogen) atoms. The van der Waals surface area contributed by atoms with E-state index < -0.39 is 16.8 Å². The molecule has 0 aliphatic heterocycles. The largest absolute Gasteiger partial charge is 0.355 e. The molecule has 1 amide bonds. The van der Waals surface area contributed by atoms with Gasteiger partial charge in [0, 0.05) is 29.4 Å². The van der Waals surface area contributed by atoms with Crippen LogP contribution in [0.5, 0.6) is 0 Å². The molecule has 1 unspecified atom stereocenters. The van der Waals surface area contributed by atoms with Gasteiger partial charge in [-0.2, -0.15) is 0 Å². The minimum absolute atomic E-state index is 0.103. The maximum Gasteiger partial charge on any atom is 0.236 e. The summed E-state index contributed by atoms with van der Waals surface area (Å²) in [5.41, 5.74) is 5.60. The van der Waals surface area contributed by atoms with Crippen LogP contribution in [0.2, 0.25) is 0 Å². The number of hydrogen-bond acceptors (Lipinski definition) is 3. The third-order valence-electron chi connectivity index (χ3n) is 1.84. The van der Waals surface area contributed by atoms with Gasteiger partial charge in [0.1, 0.15) is 0 Å². The average molecular weight is 220 g/mol. The summed E-state index contributed by atoms with van der Waals surface area (Å²) in [7, 11) is -0.777. The zero-order valence-electron chi connectivity index (χ0n) is 8.91. The average Bonchev–Trinajstić information content (AvgIpc) is 2.12. The fourth-order valence-corrected chi connectivity index (χ4v) is 1.61. The third kappa shape index (κ3) is 7.03. The van der Waals surface area contributed by atoms with E-state index in [1.165, 1.54) is 0 Å². The van der Waals surface area contributed by atoms with Crippen molar-refractivity contribution in [2.45, 2.75) is 32.2 Å². The topological polar surface area (TPSA) is 72.2 Å². The third-order valence-corrected chi connectivity index (χ3v) is 2.71. The summed E-state index contributed by atoms with van der Waals surface area (Å²) >= 11 is 0. The molecule has 0 heterocycles. The van der Waals surface area contributed by atoms with Gasteiger partial charge in [0.15, 0.2) is 0 Å². The van der Waals surface area contributed by atoms with Crippen LogP contribution in [-0.4, -0.2) is 34.7 Å². The molecule has 0 fully saturated rings. The Morgan fingerprint density at radius 3 is 2.71 bits per heavy atom. The normalized spacial score (nSPS) is 14.8. The van der Waals surface area contributed by atoms with Gasteiger partial charge in [0.2, 0.25) is 5.91 Å². The molecular weight excluding hydrogens is 200 g/mol. The molecule has 0 spiro atoms. The van der Waals surface area contributed by atoms with E-state index in [1.807, 2.05) is 6.92 Å². The summed E-state index contributed by atoms with van der Waals surface area (Å²) in [6.45, 7) is 2.56. The molecule has 84 valence electrons. The SMILES string of the molecule is CCC[C@H](N)C(=O)NCCCS(C)=O. The lowest BCUT2D eigenvalue weighted by atomic mass is 10.2. The molecule has 0 aliphatic rings. The number of nitrogens with one attached hydrogen (secondary N) is 1. The van der Waals surface area contributed by atoms with Crippen LogP contribution in [0.3, 0.4) is 0 Å².